The molecule has 1 aliphatic rings. The van der Waals surface area contributed by atoms with Gasteiger partial charge in [-0.05, 0) is 42.3 Å². The lowest BCUT2D eigenvalue weighted by Gasteiger charge is -2.24. The predicted molar refractivity (Wildman–Crippen MR) is 145 cm³/mol. The van der Waals surface area contributed by atoms with Crippen LogP contribution in [0.1, 0.15) is 53.7 Å². The minimum absolute atomic E-state index is 0.266. The van der Waals surface area contributed by atoms with E-state index in [1.165, 1.54) is 11.3 Å². The number of fused-ring (bicyclic) bond motifs is 1. The Hall–Kier alpha value is -4.56. The number of amides is 4. The minimum atomic E-state index is -1.01. The second kappa shape index (κ2) is 10.8. The quantitative estimate of drug-likeness (QED) is 0.334. The zero-order valence-corrected chi connectivity index (χ0v) is 21.4. The standard InChI is InChI=1S/C30H25N3O4S/c1-19-16-17-24(38-19)27(31-25(34)18-33-29(36)22-14-8-9-15-23(22)30(33)37)28(35)32-26(20-10-4-2-5-11-20)21-12-6-3-7-13-21/h2-17,26-27H,18H2,1H3,(H,31,34)(H,32,35). The summed E-state index contributed by atoms with van der Waals surface area (Å²) in [7, 11) is 0. The largest absolute Gasteiger partial charge is 0.343 e. The van der Waals surface area contributed by atoms with Crippen molar-refractivity contribution in [1.29, 1.82) is 0 Å². The van der Waals surface area contributed by atoms with E-state index in [1.807, 2.05) is 73.7 Å². The SMILES string of the molecule is Cc1ccc(C(NC(=O)CN2C(=O)c3ccccc3C2=O)C(=O)NC(c2ccccc2)c2ccccc2)s1. The molecule has 1 aromatic heterocycles. The van der Waals surface area contributed by atoms with Crippen molar-refractivity contribution in [2.45, 2.75) is 19.0 Å². The van der Waals surface area contributed by atoms with Crippen molar-refractivity contribution in [1.82, 2.24) is 15.5 Å². The Kier molecular flexibility index (Phi) is 7.15. The van der Waals surface area contributed by atoms with E-state index in [1.54, 1.807) is 30.3 Å². The van der Waals surface area contributed by atoms with Crippen LogP contribution in [-0.2, 0) is 9.59 Å². The highest BCUT2D eigenvalue weighted by molar-refractivity contribution is 7.12. The number of rotatable bonds is 8. The summed E-state index contributed by atoms with van der Waals surface area (Å²) in [4.78, 5) is 54.9. The number of carbonyl (C=O) groups is 4. The molecule has 0 saturated carbocycles. The first kappa shape index (κ1) is 25.1. The van der Waals surface area contributed by atoms with Crippen LogP contribution in [0.3, 0.4) is 0 Å². The molecule has 0 spiro atoms. The van der Waals surface area contributed by atoms with Crippen LogP contribution in [0.15, 0.2) is 97.1 Å². The fourth-order valence-electron chi connectivity index (χ4n) is 4.48. The fourth-order valence-corrected chi connectivity index (χ4v) is 5.41. The lowest BCUT2D eigenvalue weighted by atomic mass is 9.98. The van der Waals surface area contributed by atoms with Crippen LogP contribution in [0.4, 0.5) is 0 Å². The molecule has 0 bridgehead atoms. The smallest absolute Gasteiger partial charge is 0.262 e. The third-order valence-corrected chi connectivity index (χ3v) is 7.41. The maximum atomic E-state index is 13.7. The number of nitrogens with one attached hydrogen (secondary N) is 2. The second-order valence-corrected chi connectivity index (χ2v) is 10.3. The molecule has 0 radical (unpaired) electrons. The van der Waals surface area contributed by atoms with Crippen molar-refractivity contribution in [2.24, 2.45) is 0 Å². The number of aryl methyl sites for hydroxylation is 1. The van der Waals surface area contributed by atoms with Crippen molar-refractivity contribution in [3.63, 3.8) is 0 Å². The molecule has 2 heterocycles. The van der Waals surface area contributed by atoms with Gasteiger partial charge in [0.1, 0.15) is 12.6 Å². The number of carbonyl (C=O) groups excluding carboxylic acids is 4. The lowest BCUT2D eigenvalue weighted by molar-refractivity contribution is -0.129. The number of hydrogen-bond donors (Lipinski definition) is 2. The molecular formula is C30H25N3O4S. The molecule has 2 N–H and O–H groups in total. The molecule has 1 unspecified atom stereocenters. The predicted octanol–water partition coefficient (Wildman–Crippen LogP) is 4.42. The van der Waals surface area contributed by atoms with Gasteiger partial charge in [-0.2, -0.15) is 0 Å². The summed E-state index contributed by atoms with van der Waals surface area (Å²) in [6.45, 7) is 1.43. The number of nitrogens with zero attached hydrogens (tertiary/aromatic N) is 1. The van der Waals surface area contributed by atoms with Crippen LogP contribution >= 0.6 is 11.3 Å². The maximum absolute atomic E-state index is 13.7. The van der Waals surface area contributed by atoms with Gasteiger partial charge >= 0.3 is 0 Å². The number of imide groups is 1. The highest BCUT2D eigenvalue weighted by Crippen LogP contribution is 2.27. The van der Waals surface area contributed by atoms with Gasteiger partial charge in [0.25, 0.3) is 11.8 Å². The van der Waals surface area contributed by atoms with E-state index in [2.05, 4.69) is 10.6 Å². The molecule has 8 heteroatoms. The van der Waals surface area contributed by atoms with Crippen LogP contribution < -0.4 is 10.6 Å². The molecule has 38 heavy (non-hydrogen) atoms. The Labute approximate surface area is 224 Å². The van der Waals surface area contributed by atoms with E-state index in [0.29, 0.717) is 4.88 Å². The van der Waals surface area contributed by atoms with Gasteiger partial charge in [-0.25, -0.2) is 0 Å². The zero-order chi connectivity index (χ0) is 26.6. The number of benzene rings is 3. The Morgan fingerprint density at radius 2 is 1.26 bits per heavy atom. The first-order chi connectivity index (χ1) is 18.4. The van der Waals surface area contributed by atoms with Crippen molar-refractivity contribution in [3.05, 3.63) is 129 Å². The lowest BCUT2D eigenvalue weighted by Crippen LogP contribution is -2.46. The van der Waals surface area contributed by atoms with Gasteiger partial charge in [0.2, 0.25) is 11.8 Å². The third-order valence-electron chi connectivity index (χ3n) is 6.35. The van der Waals surface area contributed by atoms with Crippen molar-refractivity contribution in [3.8, 4) is 0 Å². The van der Waals surface area contributed by atoms with Gasteiger partial charge in [0.05, 0.1) is 17.2 Å². The average Bonchev–Trinajstić information content (AvgIpc) is 3.48. The summed E-state index contributed by atoms with van der Waals surface area (Å²) in [5.41, 5.74) is 2.32. The topological polar surface area (TPSA) is 95.6 Å². The summed E-state index contributed by atoms with van der Waals surface area (Å²) >= 11 is 1.40. The molecule has 1 aliphatic heterocycles. The van der Waals surface area contributed by atoms with Gasteiger partial charge in [-0.15, -0.1) is 11.3 Å². The molecule has 190 valence electrons. The molecule has 3 aromatic carbocycles. The van der Waals surface area contributed by atoms with E-state index >= 15 is 0 Å². The molecule has 4 amide bonds. The molecule has 4 aromatic rings. The molecule has 5 rings (SSSR count). The third kappa shape index (κ3) is 5.12. The highest BCUT2D eigenvalue weighted by atomic mass is 32.1. The second-order valence-electron chi connectivity index (χ2n) is 8.95. The van der Waals surface area contributed by atoms with Gasteiger partial charge in [0.15, 0.2) is 0 Å². The Morgan fingerprint density at radius 1 is 0.737 bits per heavy atom. The fraction of sp³-hybridized carbons (Fsp3) is 0.133. The van der Waals surface area contributed by atoms with Gasteiger partial charge in [-0.3, -0.25) is 24.1 Å². The average molecular weight is 524 g/mol. The van der Waals surface area contributed by atoms with E-state index in [9.17, 15) is 19.2 Å². The van der Waals surface area contributed by atoms with Gasteiger partial charge in [-0.1, -0.05) is 72.8 Å². The first-order valence-corrected chi connectivity index (χ1v) is 12.9. The number of hydrogen-bond acceptors (Lipinski definition) is 5. The molecule has 1 atom stereocenters. The highest BCUT2D eigenvalue weighted by Gasteiger charge is 2.37. The Balaban J connectivity index is 1.38. The Bertz CT molecular complexity index is 1430. The van der Waals surface area contributed by atoms with Crippen LogP contribution in [0.2, 0.25) is 0 Å². The van der Waals surface area contributed by atoms with Crippen molar-refractivity contribution < 1.29 is 19.2 Å². The normalized spacial score (nSPS) is 13.4. The molecule has 0 fully saturated rings. The summed E-state index contributed by atoms with van der Waals surface area (Å²) in [5.74, 6) is -2.06. The van der Waals surface area contributed by atoms with Crippen molar-refractivity contribution >= 4 is 35.0 Å². The molecular weight excluding hydrogens is 498 g/mol. The molecule has 7 nitrogen and oxygen atoms in total. The number of thiophene rings is 1. The Morgan fingerprint density at radius 3 is 1.76 bits per heavy atom. The maximum Gasteiger partial charge on any atom is 0.262 e. The van der Waals surface area contributed by atoms with Crippen LogP contribution in [-0.4, -0.2) is 35.1 Å². The van der Waals surface area contributed by atoms with Crippen LogP contribution in [0.25, 0.3) is 0 Å². The zero-order valence-electron chi connectivity index (χ0n) is 20.6. The van der Waals surface area contributed by atoms with Gasteiger partial charge < -0.3 is 10.6 Å². The minimum Gasteiger partial charge on any atom is -0.343 e. The molecule has 0 saturated heterocycles. The van der Waals surface area contributed by atoms with Crippen molar-refractivity contribution in [2.75, 3.05) is 6.54 Å². The van der Waals surface area contributed by atoms with E-state index < -0.39 is 42.3 Å². The summed E-state index contributed by atoms with van der Waals surface area (Å²) < 4.78 is 0. The molecule has 0 aliphatic carbocycles. The summed E-state index contributed by atoms with van der Waals surface area (Å²) in [6, 6.07) is 27.9. The van der Waals surface area contributed by atoms with Gasteiger partial charge in [0, 0.05) is 9.75 Å². The van der Waals surface area contributed by atoms with E-state index in [-0.39, 0.29) is 11.1 Å². The van der Waals surface area contributed by atoms with E-state index in [0.717, 1.165) is 20.9 Å². The summed E-state index contributed by atoms with van der Waals surface area (Å²) in [5, 5.41) is 5.86. The van der Waals surface area contributed by atoms with E-state index in [4.69, 9.17) is 0 Å². The summed E-state index contributed by atoms with van der Waals surface area (Å²) in [6.07, 6.45) is 0. The monoisotopic (exact) mass is 523 g/mol. The van der Waals surface area contributed by atoms with Crippen LogP contribution in [0, 0.1) is 6.92 Å². The van der Waals surface area contributed by atoms with Crippen LogP contribution in [0.5, 0.6) is 0 Å². The first-order valence-electron chi connectivity index (χ1n) is 12.1.